The van der Waals surface area contributed by atoms with Gasteiger partial charge in [-0.3, -0.25) is 9.78 Å². The Hall–Kier alpha value is -1.89. The van der Waals surface area contributed by atoms with E-state index >= 15 is 0 Å². The lowest BCUT2D eigenvalue weighted by Crippen LogP contribution is -2.15. The predicted molar refractivity (Wildman–Crippen MR) is 75.7 cm³/mol. The van der Waals surface area contributed by atoms with Crippen LogP contribution in [0.3, 0.4) is 0 Å². The molecule has 1 aromatic heterocycles. The first-order chi connectivity index (χ1) is 9.86. The Morgan fingerprint density at radius 1 is 1.19 bits per heavy atom. The normalized spacial score (nSPS) is 11.2. The van der Waals surface area contributed by atoms with Crippen molar-refractivity contribution in [1.29, 1.82) is 0 Å². The van der Waals surface area contributed by atoms with E-state index in [1.54, 1.807) is 6.07 Å². The molecule has 0 spiro atoms. The molecular weight excluding hydrogens is 349 g/mol. The minimum Gasteiger partial charge on any atom is -0.325 e. The molecule has 0 bridgehead atoms. The lowest BCUT2D eigenvalue weighted by molar-refractivity contribution is -0.137. The molecule has 0 saturated carbocycles. The topological polar surface area (TPSA) is 42.0 Å². The van der Waals surface area contributed by atoms with E-state index in [4.69, 9.17) is 0 Å². The fraction of sp³-hybridized carbons (Fsp3) is 0.143. The van der Waals surface area contributed by atoms with Gasteiger partial charge in [0.2, 0.25) is 5.91 Å². The summed E-state index contributed by atoms with van der Waals surface area (Å²) in [7, 11) is 0. The Morgan fingerprint density at radius 3 is 2.43 bits per heavy atom. The number of carbonyl (C=O) groups excluding carboxylic acids is 1. The number of benzene rings is 1. The third kappa shape index (κ3) is 4.29. The van der Waals surface area contributed by atoms with Gasteiger partial charge in [-0.2, -0.15) is 13.2 Å². The summed E-state index contributed by atoms with van der Waals surface area (Å²) < 4.78 is 37.9. The van der Waals surface area contributed by atoms with Crippen LogP contribution in [0.2, 0.25) is 0 Å². The SMILES string of the molecule is O=C(Cc1ccc(C(F)(F)F)cc1)Nc1ccncc1Br. The average molecular weight is 359 g/mol. The van der Waals surface area contributed by atoms with E-state index in [1.165, 1.54) is 24.5 Å². The number of anilines is 1. The molecule has 0 saturated heterocycles. The van der Waals surface area contributed by atoms with Gasteiger partial charge in [0.25, 0.3) is 0 Å². The molecule has 0 aliphatic rings. The maximum atomic E-state index is 12.4. The maximum Gasteiger partial charge on any atom is 0.416 e. The van der Waals surface area contributed by atoms with E-state index in [2.05, 4.69) is 26.2 Å². The lowest BCUT2D eigenvalue weighted by atomic mass is 10.1. The fourth-order valence-corrected chi connectivity index (χ4v) is 2.02. The Morgan fingerprint density at radius 2 is 1.86 bits per heavy atom. The zero-order valence-corrected chi connectivity index (χ0v) is 12.2. The van der Waals surface area contributed by atoms with Crippen molar-refractivity contribution in [3.8, 4) is 0 Å². The second-order valence-corrected chi connectivity index (χ2v) is 5.13. The third-order valence-corrected chi connectivity index (χ3v) is 3.32. The number of hydrogen-bond donors (Lipinski definition) is 1. The van der Waals surface area contributed by atoms with Gasteiger partial charge in [-0.1, -0.05) is 12.1 Å². The summed E-state index contributed by atoms with van der Waals surface area (Å²) in [6.45, 7) is 0. The van der Waals surface area contributed by atoms with E-state index in [9.17, 15) is 18.0 Å². The van der Waals surface area contributed by atoms with E-state index < -0.39 is 11.7 Å². The number of alkyl halides is 3. The minimum atomic E-state index is -4.37. The molecular formula is C14H10BrF3N2O. The Labute approximate surface area is 127 Å². The molecule has 110 valence electrons. The van der Waals surface area contributed by atoms with Crippen LogP contribution < -0.4 is 5.32 Å². The molecule has 2 aromatic rings. The number of aromatic nitrogens is 1. The molecule has 3 nitrogen and oxygen atoms in total. The molecule has 7 heteroatoms. The number of amides is 1. The number of rotatable bonds is 3. The van der Waals surface area contributed by atoms with Crippen LogP contribution in [0.1, 0.15) is 11.1 Å². The van der Waals surface area contributed by atoms with Gasteiger partial charge in [0, 0.05) is 12.4 Å². The highest BCUT2D eigenvalue weighted by atomic mass is 79.9. The first kappa shape index (κ1) is 15.5. The van der Waals surface area contributed by atoms with E-state index in [0.29, 0.717) is 15.7 Å². The Bertz CT molecular complexity index is 641. The van der Waals surface area contributed by atoms with Gasteiger partial charge in [-0.05, 0) is 39.7 Å². The number of carbonyl (C=O) groups is 1. The zero-order chi connectivity index (χ0) is 15.5. The highest BCUT2D eigenvalue weighted by molar-refractivity contribution is 9.10. The molecule has 21 heavy (non-hydrogen) atoms. The van der Waals surface area contributed by atoms with Crippen LogP contribution in [0, 0.1) is 0 Å². The van der Waals surface area contributed by atoms with Gasteiger partial charge in [0.1, 0.15) is 0 Å². The van der Waals surface area contributed by atoms with E-state index in [-0.39, 0.29) is 12.3 Å². The average Bonchev–Trinajstić information content (AvgIpc) is 2.41. The van der Waals surface area contributed by atoms with Crippen molar-refractivity contribution in [1.82, 2.24) is 4.98 Å². The van der Waals surface area contributed by atoms with Crippen molar-refractivity contribution in [2.45, 2.75) is 12.6 Å². The fourth-order valence-electron chi connectivity index (χ4n) is 1.67. The van der Waals surface area contributed by atoms with Crippen LogP contribution >= 0.6 is 15.9 Å². The van der Waals surface area contributed by atoms with Crippen LogP contribution in [-0.4, -0.2) is 10.9 Å². The van der Waals surface area contributed by atoms with Crippen molar-refractivity contribution in [2.75, 3.05) is 5.32 Å². The number of halogens is 4. The van der Waals surface area contributed by atoms with Crippen molar-refractivity contribution >= 4 is 27.5 Å². The smallest absolute Gasteiger partial charge is 0.325 e. The maximum absolute atomic E-state index is 12.4. The predicted octanol–water partition coefficient (Wildman–Crippen LogP) is 4.04. The number of pyridine rings is 1. The van der Waals surface area contributed by atoms with Gasteiger partial charge in [0.05, 0.1) is 22.1 Å². The van der Waals surface area contributed by atoms with Crippen molar-refractivity contribution < 1.29 is 18.0 Å². The largest absolute Gasteiger partial charge is 0.416 e. The van der Waals surface area contributed by atoms with Gasteiger partial charge in [0.15, 0.2) is 0 Å². The molecule has 1 aromatic carbocycles. The second kappa shape index (κ2) is 6.26. The molecule has 0 radical (unpaired) electrons. The summed E-state index contributed by atoms with van der Waals surface area (Å²) in [5, 5.41) is 2.66. The highest BCUT2D eigenvalue weighted by Crippen LogP contribution is 2.29. The minimum absolute atomic E-state index is 0.00704. The van der Waals surface area contributed by atoms with Crippen molar-refractivity contribution in [3.63, 3.8) is 0 Å². The number of nitrogens with zero attached hydrogens (tertiary/aromatic N) is 1. The van der Waals surface area contributed by atoms with Gasteiger partial charge >= 0.3 is 6.18 Å². The molecule has 1 heterocycles. The molecule has 1 amide bonds. The molecule has 0 unspecified atom stereocenters. The molecule has 0 fully saturated rings. The standard InChI is InChI=1S/C14H10BrF3N2O/c15-11-8-19-6-5-12(11)20-13(21)7-9-1-3-10(4-2-9)14(16,17)18/h1-6,8H,7H2,(H,19,20,21). The van der Waals surface area contributed by atoms with Crippen LogP contribution in [0.25, 0.3) is 0 Å². The second-order valence-electron chi connectivity index (χ2n) is 4.28. The van der Waals surface area contributed by atoms with Gasteiger partial charge in [-0.25, -0.2) is 0 Å². The Kier molecular flexibility index (Phi) is 4.62. The van der Waals surface area contributed by atoms with Crippen LogP contribution in [0.15, 0.2) is 47.2 Å². The summed E-state index contributed by atoms with van der Waals surface area (Å²) in [6.07, 6.45) is -1.32. The first-order valence-corrected chi connectivity index (χ1v) is 6.71. The van der Waals surface area contributed by atoms with Crippen LogP contribution in [0.5, 0.6) is 0 Å². The first-order valence-electron chi connectivity index (χ1n) is 5.92. The monoisotopic (exact) mass is 358 g/mol. The Balaban J connectivity index is 2.02. The molecule has 0 aliphatic heterocycles. The lowest BCUT2D eigenvalue weighted by Gasteiger charge is -2.09. The van der Waals surface area contributed by atoms with Crippen molar-refractivity contribution in [3.05, 3.63) is 58.3 Å². The van der Waals surface area contributed by atoms with Gasteiger partial charge < -0.3 is 5.32 Å². The van der Waals surface area contributed by atoms with E-state index in [0.717, 1.165) is 12.1 Å². The highest BCUT2D eigenvalue weighted by Gasteiger charge is 2.29. The van der Waals surface area contributed by atoms with Crippen LogP contribution in [-0.2, 0) is 17.4 Å². The summed E-state index contributed by atoms with van der Waals surface area (Å²) in [4.78, 5) is 15.7. The number of nitrogens with one attached hydrogen (secondary N) is 1. The van der Waals surface area contributed by atoms with Crippen molar-refractivity contribution in [2.24, 2.45) is 0 Å². The zero-order valence-electron chi connectivity index (χ0n) is 10.6. The van der Waals surface area contributed by atoms with Crippen LogP contribution in [0.4, 0.5) is 18.9 Å². The quantitative estimate of drug-likeness (QED) is 0.899. The summed E-state index contributed by atoms with van der Waals surface area (Å²) >= 11 is 3.24. The molecule has 1 N–H and O–H groups in total. The molecule has 0 aliphatic carbocycles. The molecule has 2 rings (SSSR count). The van der Waals surface area contributed by atoms with E-state index in [1.807, 2.05) is 0 Å². The third-order valence-electron chi connectivity index (χ3n) is 2.69. The molecule has 0 atom stereocenters. The van der Waals surface area contributed by atoms with Gasteiger partial charge in [-0.15, -0.1) is 0 Å². The summed E-state index contributed by atoms with van der Waals surface area (Å²) in [5.74, 6) is -0.318. The summed E-state index contributed by atoms with van der Waals surface area (Å²) in [6, 6.07) is 6.14. The number of hydrogen-bond acceptors (Lipinski definition) is 2. The summed E-state index contributed by atoms with van der Waals surface area (Å²) in [5.41, 5.74) is 0.330.